The molecule has 2 aromatic carbocycles. The Morgan fingerprint density at radius 2 is 1.66 bits per heavy atom. The number of hydrogen-bond donors (Lipinski definition) is 2. The summed E-state index contributed by atoms with van der Waals surface area (Å²) >= 11 is 6.28. The smallest absolute Gasteiger partial charge is 0.279 e. The van der Waals surface area contributed by atoms with Gasteiger partial charge in [-0.3, -0.25) is 19.3 Å². The van der Waals surface area contributed by atoms with Gasteiger partial charge in [-0.25, -0.2) is 0 Å². The zero-order chi connectivity index (χ0) is 25.1. The summed E-state index contributed by atoms with van der Waals surface area (Å²) in [6.45, 7) is 2.01. The van der Waals surface area contributed by atoms with Crippen molar-refractivity contribution in [2.24, 2.45) is 0 Å². The largest absolute Gasteiger partial charge is 0.545 e. The first kappa shape index (κ1) is 24.5. The first-order chi connectivity index (χ1) is 16.8. The Balaban J connectivity index is 1.46. The van der Waals surface area contributed by atoms with Crippen molar-refractivity contribution >= 4 is 41.0 Å². The summed E-state index contributed by atoms with van der Waals surface area (Å²) in [5, 5.41) is 16.5. The van der Waals surface area contributed by atoms with Crippen LogP contribution in [0.3, 0.4) is 0 Å². The number of aromatic carboxylic acids is 1. The van der Waals surface area contributed by atoms with Gasteiger partial charge in [-0.05, 0) is 48.6 Å². The fourth-order valence-corrected chi connectivity index (χ4v) is 4.59. The number of carbonyl (C=O) groups excluding carboxylic acids is 4. The predicted octanol–water partition coefficient (Wildman–Crippen LogP) is 2.85. The fourth-order valence-electron chi connectivity index (χ4n) is 4.37. The first-order valence-electron chi connectivity index (χ1n) is 11.5. The lowest BCUT2D eigenvalue weighted by Crippen LogP contribution is -2.42. The lowest BCUT2D eigenvalue weighted by Gasteiger charge is -2.29. The van der Waals surface area contributed by atoms with Crippen LogP contribution in [-0.4, -0.2) is 34.6 Å². The fraction of sp³-hybridized carbons (Fsp3) is 0.308. The van der Waals surface area contributed by atoms with E-state index in [-0.39, 0.29) is 34.8 Å². The van der Waals surface area contributed by atoms with Gasteiger partial charge in [0, 0.05) is 23.8 Å². The molecule has 1 saturated carbocycles. The van der Waals surface area contributed by atoms with Gasteiger partial charge in [0.2, 0.25) is 0 Å². The van der Waals surface area contributed by atoms with Gasteiger partial charge in [-0.1, -0.05) is 61.2 Å². The zero-order valence-electron chi connectivity index (χ0n) is 19.2. The molecule has 2 aromatic rings. The maximum absolute atomic E-state index is 13.1. The molecule has 1 heterocycles. The molecule has 4 rings (SSSR count). The van der Waals surface area contributed by atoms with E-state index in [0.717, 1.165) is 43.2 Å². The third-order valence-electron chi connectivity index (χ3n) is 6.40. The molecule has 0 unspecified atom stereocenters. The van der Waals surface area contributed by atoms with Crippen LogP contribution in [0.15, 0.2) is 53.2 Å². The van der Waals surface area contributed by atoms with Gasteiger partial charge in [0.05, 0.1) is 5.97 Å². The highest BCUT2D eigenvalue weighted by Crippen LogP contribution is 2.33. The van der Waals surface area contributed by atoms with Crippen LogP contribution in [0.2, 0.25) is 0 Å². The second-order valence-corrected chi connectivity index (χ2v) is 9.16. The Bertz CT molecular complexity index is 1220. The summed E-state index contributed by atoms with van der Waals surface area (Å²) < 4.78 is 0. The summed E-state index contributed by atoms with van der Waals surface area (Å²) in [4.78, 5) is 50.6. The summed E-state index contributed by atoms with van der Waals surface area (Å²) in [6, 6.07) is 10.9. The number of nitrogens with zero attached hydrogens (tertiary/aromatic N) is 1. The molecule has 0 spiro atoms. The standard InChI is InChI=1S/C26H26ClN3O5/c1-15-7-10-18(23(31)28-14-16-8-11-17(12-9-16)26(34)35)13-20(15)29-22-21(27)24(32)30(25(22)33)19-5-3-2-4-6-19/h7-13,19,29H,2-6,14H2,1H3,(H,28,31)(H,34,35)/p-1. The topological polar surface area (TPSA) is 119 Å². The first-order valence-corrected chi connectivity index (χ1v) is 11.9. The molecule has 2 aliphatic rings. The highest BCUT2D eigenvalue weighted by Gasteiger charge is 2.42. The molecule has 182 valence electrons. The zero-order valence-corrected chi connectivity index (χ0v) is 20.0. The van der Waals surface area contributed by atoms with E-state index in [1.807, 2.05) is 6.92 Å². The molecule has 3 amide bonds. The summed E-state index contributed by atoms with van der Waals surface area (Å²) in [5.41, 5.74) is 2.43. The van der Waals surface area contributed by atoms with E-state index in [9.17, 15) is 24.3 Å². The number of halogens is 1. The Morgan fingerprint density at radius 3 is 2.31 bits per heavy atom. The monoisotopic (exact) mass is 494 g/mol. The third-order valence-corrected chi connectivity index (χ3v) is 6.75. The quantitative estimate of drug-likeness (QED) is 0.571. The summed E-state index contributed by atoms with van der Waals surface area (Å²) in [5.74, 6) is -2.54. The second kappa shape index (κ2) is 10.3. The molecular formula is C26H25ClN3O5-. The van der Waals surface area contributed by atoms with Gasteiger partial charge >= 0.3 is 0 Å². The van der Waals surface area contributed by atoms with Crippen molar-refractivity contribution in [1.29, 1.82) is 0 Å². The van der Waals surface area contributed by atoms with Crippen molar-refractivity contribution in [2.75, 3.05) is 5.32 Å². The number of carbonyl (C=O) groups is 4. The number of rotatable bonds is 7. The molecule has 9 heteroatoms. The Morgan fingerprint density at radius 1 is 1.00 bits per heavy atom. The minimum atomic E-state index is -1.26. The lowest BCUT2D eigenvalue weighted by molar-refractivity contribution is -0.255. The van der Waals surface area contributed by atoms with E-state index >= 15 is 0 Å². The molecule has 0 radical (unpaired) electrons. The molecule has 0 saturated heterocycles. The molecule has 35 heavy (non-hydrogen) atoms. The third kappa shape index (κ3) is 5.22. The number of imide groups is 1. The average molecular weight is 495 g/mol. The van der Waals surface area contributed by atoms with E-state index in [1.54, 1.807) is 30.3 Å². The number of hydrogen-bond acceptors (Lipinski definition) is 6. The molecule has 0 aromatic heterocycles. The van der Waals surface area contributed by atoms with Crippen LogP contribution in [0.25, 0.3) is 0 Å². The van der Waals surface area contributed by atoms with E-state index < -0.39 is 17.8 Å². The van der Waals surface area contributed by atoms with E-state index in [0.29, 0.717) is 11.3 Å². The van der Waals surface area contributed by atoms with Crippen molar-refractivity contribution in [2.45, 2.75) is 51.6 Å². The van der Waals surface area contributed by atoms with Crippen molar-refractivity contribution in [1.82, 2.24) is 10.2 Å². The Kier molecular flexibility index (Phi) is 7.21. The van der Waals surface area contributed by atoms with Gasteiger partial charge in [-0.2, -0.15) is 0 Å². The van der Waals surface area contributed by atoms with Crippen LogP contribution in [-0.2, 0) is 16.1 Å². The Labute approximate surface area is 207 Å². The van der Waals surface area contributed by atoms with Crippen LogP contribution in [0.4, 0.5) is 5.69 Å². The van der Waals surface area contributed by atoms with Crippen LogP contribution < -0.4 is 15.7 Å². The van der Waals surface area contributed by atoms with Crippen LogP contribution >= 0.6 is 11.6 Å². The lowest BCUT2D eigenvalue weighted by atomic mass is 9.94. The van der Waals surface area contributed by atoms with Crippen molar-refractivity contribution < 1.29 is 24.3 Å². The number of carboxylic acid groups (broad SMARTS) is 1. The molecular weight excluding hydrogens is 470 g/mol. The van der Waals surface area contributed by atoms with E-state index in [4.69, 9.17) is 11.6 Å². The molecule has 1 fully saturated rings. The van der Waals surface area contributed by atoms with Gasteiger partial charge in [-0.15, -0.1) is 0 Å². The molecule has 8 nitrogen and oxygen atoms in total. The van der Waals surface area contributed by atoms with Crippen molar-refractivity contribution in [3.63, 3.8) is 0 Å². The summed E-state index contributed by atoms with van der Waals surface area (Å²) in [6.07, 6.45) is 4.59. The minimum Gasteiger partial charge on any atom is -0.545 e. The van der Waals surface area contributed by atoms with Crippen LogP contribution in [0, 0.1) is 6.92 Å². The molecule has 0 bridgehead atoms. The Hall–Kier alpha value is -3.65. The van der Waals surface area contributed by atoms with E-state index in [2.05, 4.69) is 10.6 Å². The highest BCUT2D eigenvalue weighted by molar-refractivity contribution is 6.48. The number of amides is 3. The van der Waals surface area contributed by atoms with Gasteiger partial charge < -0.3 is 20.5 Å². The molecule has 2 N–H and O–H groups in total. The van der Waals surface area contributed by atoms with Crippen molar-refractivity contribution in [3.8, 4) is 0 Å². The molecule has 1 aliphatic carbocycles. The molecule has 0 atom stereocenters. The number of carboxylic acids is 1. The normalized spacial score (nSPS) is 16.6. The maximum atomic E-state index is 13.1. The van der Waals surface area contributed by atoms with Crippen LogP contribution in [0.5, 0.6) is 0 Å². The van der Waals surface area contributed by atoms with Crippen LogP contribution in [0.1, 0.15) is 63.9 Å². The van der Waals surface area contributed by atoms with Gasteiger partial charge in [0.15, 0.2) is 0 Å². The number of nitrogens with one attached hydrogen (secondary N) is 2. The number of benzene rings is 2. The SMILES string of the molecule is Cc1ccc(C(=O)NCc2ccc(C(=O)[O-])cc2)cc1NC1=C(Cl)C(=O)N(C2CCCCC2)C1=O. The van der Waals surface area contributed by atoms with Gasteiger partial charge in [0.1, 0.15) is 10.7 Å². The molecule has 1 aliphatic heterocycles. The minimum absolute atomic E-state index is 0.0240. The van der Waals surface area contributed by atoms with Gasteiger partial charge in [0.25, 0.3) is 17.7 Å². The number of anilines is 1. The average Bonchev–Trinajstić information content (AvgIpc) is 3.07. The maximum Gasteiger partial charge on any atom is 0.279 e. The predicted molar refractivity (Wildman–Crippen MR) is 128 cm³/mol. The highest BCUT2D eigenvalue weighted by atomic mass is 35.5. The number of aryl methyl sites for hydroxylation is 1. The van der Waals surface area contributed by atoms with E-state index in [1.165, 1.54) is 17.0 Å². The summed E-state index contributed by atoms with van der Waals surface area (Å²) in [7, 11) is 0. The van der Waals surface area contributed by atoms with Crippen molar-refractivity contribution in [3.05, 3.63) is 75.4 Å². The second-order valence-electron chi connectivity index (χ2n) is 8.78.